The average Bonchev–Trinajstić information content (AvgIpc) is 2.87. The molecule has 0 aromatic carbocycles. The zero-order chi connectivity index (χ0) is 17.5. The molecule has 1 amide bonds. The van der Waals surface area contributed by atoms with Crippen LogP contribution < -0.4 is 5.32 Å². The Hall–Kier alpha value is -1.34. The monoisotopic (exact) mass is 350 g/mol. The van der Waals surface area contributed by atoms with E-state index in [4.69, 9.17) is 9.57 Å². The summed E-state index contributed by atoms with van der Waals surface area (Å²) in [6.45, 7) is 5.11. The summed E-state index contributed by atoms with van der Waals surface area (Å²) in [6.07, 6.45) is 5.68. The topological polar surface area (TPSA) is 66.4 Å². The van der Waals surface area contributed by atoms with Crippen LogP contribution in [0, 0.1) is 10.8 Å². The highest BCUT2D eigenvalue weighted by atomic mass is 16.7. The molecule has 1 saturated carbocycles. The molecule has 0 aromatic rings. The molecule has 1 aliphatic carbocycles. The molecular weight excluding hydrogens is 320 g/mol. The average molecular weight is 350 g/mol. The number of amides is 1. The highest BCUT2D eigenvalue weighted by Crippen LogP contribution is 2.61. The number of hydrogen-bond acceptors (Lipinski definition) is 6. The number of carbonyl (C=O) groups excluding carboxylic acids is 1. The third-order valence-corrected chi connectivity index (χ3v) is 6.57. The number of piperidine rings is 1. The summed E-state index contributed by atoms with van der Waals surface area (Å²) in [6, 6.07) is 0. The van der Waals surface area contributed by atoms with E-state index in [0.717, 1.165) is 39.0 Å². The van der Waals surface area contributed by atoms with Crippen LogP contribution in [0.1, 0.15) is 32.1 Å². The molecule has 3 atom stereocenters. The third kappa shape index (κ3) is 2.63. The number of likely N-dealkylation sites (tertiary alicyclic amines) is 1. The Balaban J connectivity index is 1.49. The Morgan fingerprint density at radius 3 is 2.76 bits per heavy atom. The van der Waals surface area contributed by atoms with E-state index in [1.807, 2.05) is 14.1 Å². The maximum atomic E-state index is 12.9. The number of oxime groups is 1. The first-order valence-electron chi connectivity index (χ1n) is 9.59. The fourth-order valence-electron chi connectivity index (χ4n) is 5.05. The SMILES string of the molecule is CN(C)C(=O)[C@]12CC[C@@]1(C1=NOCC(CN3CCCCC3)O1)CNC2. The molecule has 4 rings (SSSR count). The summed E-state index contributed by atoms with van der Waals surface area (Å²) < 4.78 is 6.33. The summed E-state index contributed by atoms with van der Waals surface area (Å²) in [7, 11) is 3.66. The van der Waals surface area contributed by atoms with Crippen LogP contribution in [-0.2, 0) is 14.4 Å². The van der Waals surface area contributed by atoms with Gasteiger partial charge in [0.05, 0.1) is 10.8 Å². The van der Waals surface area contributed by atoms with Gasteiger partial charge in [-0.25, -0.2) is 0 Å². The fraction of sp³-hybridized carbons (Fsp3) is 0.889. The van der Waals surface area contributed by atoms with Crippen LogP contribution in [0.2, 0.25) is 0 Å². The summed E-state index contributed by atoms with van der Waals surface area (Å²) in [5.74, 6) is 0.820. The summed E-state index contributed by atoms with van der Waals surface area (Å²) in [5.41, 5.74) is -0.763. The van der Waals surface area contributed by atoms with Gasteiger partial charge in [0.15, 0.2) is 6.61 Å². The number of nitrogens with one attached hydrogen (secondary N) is 1. The molecule has 1 unspecified atom stereocenters. The normalized spacial score (nSPS) is 38.0. The van der Waals surface area contributed by atoms with E-state index in [9.17, 15) is 4.79 Å². The molecule has 0 radical (unpaired) electrons. The van der Waals surface area contributed by atoms with Crippen LogP contribution in [0.15, 0.2) is 5.16 Å². The lowest BCUT2D eigenvalue weighted by Crippen LogP contribution is -2.63. The number of ether oxygens (including phenoxy) is 1. The number of hydrogen-bond donors (Lipinski definition) is 1. The Labute approximate surface area is 149 Å². The molecule has 3 heterocycles. The predicted molar refractivity (Wildman–Crippen MR) is 94.2 cm³/mol. The van der Waals surface area contributed by atoms with E-state index in [1.165, 1.54) is 19.3 Å². The van der Waals surface area contributed by atoms with Gasteiger partial charge in [0.25, 0.3) is 0 Å². The molecule has 3 aliphatic heterocycles. The molecule has 0 bridgehead atoms. The highest BCUT2D eigenvalue weighted by Gasteiger charge is 2.70. The van der Waals surface area contributed by atoms with Crippen molar-refractivity contribution in [3.05, 3.63) is 0 Å². The molecule has 4 aliphatic rings. The van der Waals surface area contributed by atoms with Crippen LogP contribution in [0.5, 0.6) is 0 Å². The van der Waals surface area contributed by atoms with Crippen molar-refractivity contribution in [3.8, 4) is 0 Å². The van der Waals surface area contributed by atoms with Gasteiger partial charge in [-0.1, -0.05) is 11.6 Å². The first-order chi connectivity index (χ1) is 12.1. The van der Waals surface area contributed by atoms with Crippen molar-refractivity contribution in [2.75, 3.05) is 53.4 Å². The zero-order valence-electron chi connectivity index (χ0n) is 15.4. The molecule has 25 heavy (non-hydrogen) atoms. The molecule has 7 nitrogen and oxygen atoms in total. The number of rotatable bonds is 4. The van der Waals surface area contributed by atoms with Gasteiger partial charge in [0.1, 0.15) is 6.10 Å². The van der Waals surface area contributed by atoms with E-state index in [0.29, 0.717) is 19.0 Å². The largest absolute Gasteiger partial charge is 0.470 e. The van der Waals surface area contributed by atoms with Crippen LogP contribution in [0.4, 0.5) is 0 Å². The minimum Gasteiger partial charge on any atom is -0.470 e. The molecule has 0 spiro atoms. The molecule has 2 saturated heterocycles. The van der Waals surface area contributed by atoms with Gasteiger partial charge in [-0.2, -0.15) is 0 Å². The lowest BCUT2D eigenvalue weighted by Gasteiger charge is -2.54. The minimum atomic E-state index is -0.425. The lowest BCUT2D eigenvalue weighted by molar-refractivity contribution is -0.153. The van der Waals surface area contributed by atoms with Crippen LogP contribution in [-0.4, -0.2) is 81.1 Å². The number of carbonyl (C=O) groups is 1. The van der Waals surface area contributed by atoms with Gasteiger partial charge in [-0.05, 0) is 38.8 Å². The van der Waals surface area contributed by atoms with Crippen LogP contribution in [0.25, 0.3) is 0 Å². The van der Waals surface area contributed by atoms with Gasteiger partial charge in [0, 0.05) is 33.7 Å². The quantitative estimate of drug-likeness (QED) is 0.807. The first kappa shape index (κ1) is 17.1. The minimum absolute atomic E-state index is 0.00772. The van der Waals surface area contributed by atoms with Gasteiger partial charge in [0.2, 0.25) is 11.8 Å². The van der Waals surface area contributed by atoms with Crippen molar-refractivity contribution in [2.45, 2.75) is 38.2 Å². The molecular formula is C18H30N4O3. The van der Waals surface area contributed by atoms with Crippen molar-refractivity contribution in [1.82, 2.24) is 15.1 Å². The Bertz CT molecular complexity index is 561. The van der Waals surface area contributed by atoms with E-state index in [2.05, 4.69) is 15.4 Å². The van der Waals surface area contributed by atoms with Gasteiger partial charge >= 0.3 is 0 Å². The fourth-order valence-corrected chi connectivity index (χ4v) is 5.05. The molecule has 0 aromatic heterocycles. The van der Waals surface area contributed by atoms with Crippen LogP contribution in [0.3, 0.4) is 0 Å². The number of nitrogens with zero attached hydrogens (tertiary/aromatic N) is 3. The second-order valence-electron chi connectivity index (χ2n) is 8.26. The second-order valence-corrected chi connectivity index (χ2v) is 8.26. The van der Waals surface area contributed by atoms with Crippen LogP contribution >= 0.6 is 0 Å². The van der Waals surface area contributed by atoms with Crippen molar-refractivity contribution in [1.29, 1.82) is 0 Å². The van der Waals surface area contributed by atoms with Gasteiger partial charge < -0.3 is 19.8 Å². The van der Waals surface area contributed by atoms with Gasteiger partial charge in [-0.15, -0.1) is 0 Å². The van der Waals surface area contributed by atoms with E-state index in [1.54, 1.807) is 4.90 Å². The summed E-state index contributed by atoms with van der Waals surface area (Å²) in [4.78, 5) is 22.6. The zero-order valence-corrected chi connectivity index (χ0v) is 15.4. The highest BCUT2D eigenvalue weighted by molar-refractivity contribution is 5.96. The Morgan fingerprint density at radius 1 is 1.28 bits per heavy atom. The Morgan fingerprint density at radius 2 is 2.08 bits per heavy atom. The second kappa shape index (κ2) is 6.43. The third-order valence-electron chi connectivity index (χ3n) is 6.57. The summed E-state index contributed by atoms with van der Waals surface area (Å²) in [5, 5.41) is 7.70. The predicted octanol–water partition coefficient (Wildman–Crippen LogP) is 0.659. The van der Waals surface area contributed by atoms with Crippen molar-refractivity contribution < 1.29 is 14.4 Å². The lowest BCUT2D eigenvalue weighted by atomic mass is 9.50. The molecule has 1 N–H and O–H groups in total. The van der Waals surface area contributed by atoms with Crippen molar-refractivity contribution in [2.24, 2.45) is 16.0 Å². The summed E-state index contributed by atoms with van der Waals surface area (Å²) >= 11 is 0. The van der Waals surface area contributed by atoms with E-state index >= 15 is 0 Å². The molecule has 140 valence electrons. The number of fused-ring (bicyclic) bond motifs is 1. The smallest absolute Gasteiger partial charge is 0.234 e. The standard InChI is InChI=1S/C18H30N4O3/c1-21(2)16(23)18-7-6-17(18,12-19-13-18)15-20-24-11-14(25-15)10-22-8-4-3-5-9-22/h14,19H,3-13H2,1-2H3/t14?,17-,18+/m0/s1. The van der Waals surface area contributed by atoms with E-state index < -0.39 is 5.41 Å². The molecule has 7 heteroatoms. The van der Waals surface area contributed by atoms with Crippen molar-refractivity contribution >= 4 is 11.8 Å². The maximum absolute atomic E-state index is 12.9. The maximum Gasteiger partial charge on any atom is 0.234 e. The van der Waals surface area contributed by atoms with Gasteiger partial charge in [-0.3, -0.25) is 9.69 Å². The van der Waals surface area contributed by atoms with E-state index in [-0.39, 0.29) is 17.4 Å². The Kier molecular flexibility index (Phi) is 4.40. The van der Waals surface area contributed by atoms with Crippen molar-refractivity contribution in [3.63, 3.8) is 0 Å². The molecule has 3 fully saturated rings. The first-order valence-corrected chi connectivity index (χ1v) is 9.59.